The van der Waals surface area contributed by atoms with Gasteiger partial charge in [-0.25, -0.2) is 9.59 Å². The molecule has 0 bridgehead atoms. The van der Waals surface area contributed by atoms with Crippen LogP contribution in [0.5, 0.6) is 0 Å². The van der Waals surface area contributed by atoms with E-state index in [2.05, 4.69) is 59.1 Å². The number of hydrogen-bond acceptors (Lipinski definition) is 6. The standard InChI is InChI=1S/C32H39N5O3/c1-23(2)25-13-9-10-14-27(25)37-28-22-34(21-24-11-7-6-8-12-24)16-15-26(28)29(33-30(37)38)35-17-19-36(20-18-35)31(39)40-32(3,4)5/h6-16,23H,17-22H2,1-5H3. The maximum atomic E-state index is 13.8. The lowest BCUT2D eigenvalue weighted by atomic mass is 10.00. The fraction of sp³-hybridized carbons (Fsp3) is 0.406. The zero-order valence-corrected chi connectivity index (χ0v) is 24.1. The summed E-state index contributed by atoms with van der Waals surface area (Å²) >= 11 is 0. The third-order valence-electron chi connectivity index (χ3n) is 7.28. The van der Waals surface area contributed by atoms with Crippen molar-refractivity contribution in [2.24, 2.45) is 0 Å². The number of anilines is 1. The summed E-state index contributed by atoms with van der Waals surface area (Å²) in [5.74, 6) is 0.927. The van der Waals surface area contributed by atoms with E-state index in [9.17, 15) is 9.59 Å². The maximum Gasteiger partial charge on any atom is 0.410 e. The van der Waals surface area contributed by atoms with Gasteiger partial charge in [0.2, 0.25) is 0 Å². The number of fused-ring (bicyclic) bond motifs is 1. The molecule has 2 aromatic carbocycles. The minimum absolute atomic E-state index is 0.249. The predicted octanol–water partition coefficient (Wildman–Crippen LogP) is 5.40. The molecule has 1 aromatic heterocycles. The van der Waals surface area contributed by atoms with Gasteiger partial charge in [0.05, 0.1) is 17.9 Å². The van der Waals surface area contributed by atoms with Crippen LogP contribution in [-0.4, -0.2) is 57.2 Å². The molecule has 2 aliphatic rings. The highest BCUT2D eigenvalue weighted by Gasteiger charge is 2.30. The zero-order chi connectivity index (χ0) is 28.4. The molecule has 0 aliphatic carbocycles. The Morgan fingerprint density at radius 1 is 0.975 bits per heavy atom. The number of carbonyl (C=O) groups excluding carboxylic acids is 1. The minimum Gasteiger partial charge on any atom is -0.444 e. The summed E-state index contributed by atoms with van der Waals surface area (Å²) in [5, 5.41) is 0. The Morgan fingerprint density at radius 2 is 1.65 bits per heavy atom. The molecule has 3 heterocycles. The van der Waals surface area contributed by atoms with E-state index < -0.39 is 5.60 Å². The average Bonchev–Trinajstić information content (AvgIpc) is 2.92. The molecule has 2 aliphatic heterocycles. The number of hydrogen-bond donors (Lipinski definition) is 0. The summed E-state index contributed by atoms with van der Waals surface area (Å²) in [6, 6.07) is 18.4. The number of nitrogens with zero attached hydrogens (tertiary/aromatic N) is 5. The number of carbonyl (C=O) groups is 1. The largest absolute Gasteiger partial charge is 0.444 e. The molecule has 5 rings (SSSR count). The first-order valence-corrected chi connectivity index (χ1v) is 14.0. The normalized spacial score (nSPS) is 15.4. The van der Waals surface area contributed by atoms with Crippen LogP contribution in [0.2, 0.25) is 0 Å². The summed E-state index contributed by atoms with van der Waals surface area (Å²) < 4.78 is 7.36. The summed E-state index contributed by atoms with van der Waals surface area (Å²) in [6.45, 7) is 13.4. The van der Waals surface area contributed by atoms with Crippen LogP contribution in [-0.2, 0) is 17.8 Å². The first-order chi connectivity index (χ1) is 19.1. The molecule has 1 saturated heterocycles. The van der Waals surface area contributed by atoms with Crippen LogP contribution in [0.4, 0.5) is 10.6 Å². The van der Waals surface area contributed by atoms with Crippen LogP contribution >= 0.6 is 0 Å². The van der Waals surface area contributed by atoms with Crippen molar-refractivity contribution < 1.29 is 9.53 Å². The molecule has 210 valence electrons. The van der Waals surface area contributed by atoms with Crippen LogP contribution in [0.3, 0.4) is 0 Å². The topological polar surface area (TPSA) is 70.9 Å². The van der Waals surface area contributed by atoms with Crippen LogP contribution in [0.15, 0.2) is 65.6 Å². The quantitative estimate of drug-likeness (QED) is 0.431. The Kier molecular flexibility index (Phi) is 7.70. The average molecular weight is 542 g/mol. The number of para-hydroxylation sites is 1. The molecule has 3 aromatic rings. The molecule has 0 saturated carbocycles. The van der Waals surface area contributed by atoms with E-state index in [1.807, 2.05) is 57.2 Å². The molecule has 0 unspecified atom stereocenters. The number of rotatable bonds is 5. The number of benzene rings is 2. The molecule has 0 N–H and O–H groups in total. The van der Waals surface area contributed by atoms with E-state index in [0.717, 1.165) is 29.1 Å². The third-order valence-corrected chi connectivity index (χ3v) is 7.28. The fourth-order valence-corrected chi connectivity index (χ4v) is 5.34. The van der Waals surface area contributed by atoms with Crippen LogP contribution in [0.25, 0.3) is 11.8 Å². The molecule has 8 heteroatoms. The summed E-state index contributed by atoms with van der Waals surface area (Å²) in [7, 11) is 0. The maximum absolute atomic E-state index is 13.8. The fourth-order valence-electron chi connectivity index (χ4n) is 5.34. The highest BCUT2D eigenvalue weighted by atomic mass is 16.6. The van der Waals surface area contributed by atoms with Crippen molar-refractivity contribution in [3.8, 4) is 5.69 Å². The number of amides is 1. The van der Waals surface area contributed by atoms with Gasteiger partial charge in [0.15, 0.2) is 0 Å². The number of piperazine rings is 1. The lowest BCUT2D eigenvalue weighted by molar-refractivity contribution is 0.0240. The zero-order valence-electron chi connectivity index (χ0n) is 24.1. The lowest BCUT2D eigenvalue weighted by Crippen LogP contribution is -2.51. The molecule has 40 heavy (non-hydrogen) atoms. The van der Waals surface area contributed by atoms with Gasteiger partial charge in [-0.2, -0.15) is 4.98 Å². The van der Waals surface area contributed by atoms with E-state index in [-0.39, 0.29) is 17.7 Å². The van der Waals surface area contributed by atoms with Gasteiger partial charge in [0.25, 0.3) is 0 Å². The second-order valence-corrected chi connectivity index (χ2v) is 11.8. The third kappa shape index (κ3) is 5.91. The Labute approximate surface area is 236 Å². The van der Waals surface area contributed by atoms with Crippen molar-refractivity contribution >= 4 is 18.0 Å². The van der Waals surface area contributed by atoms with Crippen LogP contribution < -0.4 is 10.6 Å². The molecular formula is C32H39N5O3. The Bertz CT molecular complexity index is 1450. The van der Waals surface area contributed by atoms with Crippen molar-refractivity contribution in [2.45, 2.75) is 59.2 Å². The van der Waals surface area contributed by atoms with Gasteiger partial charge in [-0.05, 0) is 50.0 Å². The highest BCUT2D eigenvalue weighted by Crippen LogP contribution is 2.32. The van der Waals surface area contributed by atoms with Crippen molar-refractivity contribution in [3.63, 3.8) is 0 Å². The van der Waals surface area contributed by atoms with Gasteiger partial charge in [0.1, 0.15) is 11.4 Å². The summed E-state index contributed by atoms with van der Waals surface area (Å²) in [5.41, 5.74) is 4.25. The molecule has 0 radical (unpaired) electrons. The van der Waals surface area contributed by atoms with Gasteiger partial charge in [-0.1, -0.05) is 62.4 Å². The summed E-state index contributed by atoms with van der Waals surface area (Å²) in [6.07, 6.45) is 3.87. The van der Waals surface area contributed by atoms with Gasteiger partial charge in [-0.3, -0.25) is 4.57 Å². The Hall–Kier alpha value is -4.07. The van der Waals surface area contributed by atoms with Gasteiger partial charge in [-0.15, -0.1) is 0 Å². The molecule has 0 spiro atoms. The monoisotopic (exact) mass is 541 g/mol. The van der Waals surface area contributed by atoms with Crippen molar-refractivity contribution in [3.05, 3.63) is 93.7 Å². The first kappa shape index (κ1) is 27.5. The van der Waals surface area contributed by atoms with E-state index in [4.69, 9.17) is 4.74 Å². The highest BCUT2D eigenvalue weighted by molar-refractivity contribution is 5.70. The molecule has 1 fully saturated rings. The lowest BCUT2D eigenvalue weighted by Gasteiger charge is -2.38. The molecule has 1 amide bonds. The molecule has 0 atom stereocenters. The number of aromatic nitrogens is 2. The van der Waals surface area contributed by atoms with E-state index in [1.54, 1.807) is 9.47 Å². The van der Waals surface area contributed by atoms with Crippen molar-refractivity contribution in [1.82, 2.24) is 19.4 Å². The Balaban J connectivity index is 1.51. The molecule has 8 nitrogen and oxygen atoms in total. The van der Waals surface area contributed by atoms with E-state index in [0.29, 0.717) is 38.5 Å². The Morgan fingerprint density at radius 3 is 2.33 bits per heavy atom. The smallest absolute Gasteiger partial charge is 0.410 e. The van der Waals surface area contributed by atoms with Gasteiger partial charge >= 0.3 is 11.8 Å². The number of ether oxygens (including phenoxy) is 1. The van der Waals surface area contributed by atoms with Crippen molar-refractivity contribution in [1.29, 1.82) is 0 Å². The van der Waals surface area contributed by atoms with Crippen LogP contribution in [0, 0.1) is 0 Å². The van der Waals surface area contributed by atoms with Gasteiger partial charge < -0.3 is 19.4 Å². The van der Waals surface area contributed by atoms with Crippen LogP contribution in [0.1, 0.15) is 62.9 Å². The minimum atomic E-state index is -0.540. The van der Waals surface area contributed by atoms with Gasteiger partial charge in [0, 0.05) is 44.5 Å². The van der Waals surface area contributed by atoms with E-state index in [1.165, 1.54) is 5.56 Å². The SMILES string of the molecule is CC(C)c1ccccc1-n1c2c(c(N3CCN(C(=O)OC(C)(C)C)CC3)nc1=O)C=CN(Cc1ccccc1)C2. The van der Waals surface area contributed by atoms with E-state index >= 15 is 0 Å². The van der Waals surface area contributed by atoms with Crippen molar-refractivity contribution in [2.75, 3.05) is 31.1 Å². The predicted molar refractivity (Wildman–Crippen MR) is 159 cm³/mol. The summed E-state index contributed by atoms with van der Waals surface area (Å²) in [4.78, 5) is 37.2. The second-order valence-electron chi connectivity index (χ2n) is 11.8. The first-order valence-electron chi connectivity index (χ1n) is 14.0. The molecular weight excluding hydrogens is 502 g/mol. The second kappa shape index (κ2) is 11.2.